The molecule has 1 saturated carbocycles. The normalized spacial score (nSPS) is 24.0. The number of hydrogen-bond donors (Lipinski definition) is 2. The molecule has 5 nitrogen and oxygen atoms in total. The van der Waals surface area contributed by atoms with Crippen LogP contribution in [0.15, 0.2) is 29.2 Å². The number of nitrogens with one attached hydrogen (secondary N) is 2. The standard InChI is InChI=1S/C15H22N2O3S/c1-11(12-8-9-20-10-12)16-13-4-6-15(7-5-13)21(18,19)17-14-2-3-14/h4-7,11-12,14,16-17H,2-3,8-10H2,1H3. The Bertz CT molecular complexity index is 575. The van der Waals surface area contributed by atoms with Crippen LogP contribution in [-0.2, 0) is 14.8 Å². The number of anilines is 1. The first-order valence-electron chi connectivity index (χ1n) is 7.51. The third-order valence-corrected chi connectivity index (χ3v) is 5.67. The van der Waals surface area contributed by atoms with Crippen molar-refractivity contribution in [1.29, 1.82) is 0 Å². The molecule has 1 aliphatic heterocycles. The van der Waals surface area contributed by atoms with Crippen LogP contribution in [-0.4, -0.2) is 33.7 Å². The molecule has 21 heavy (non-hydrogen) atoms. The van der Waals surface area contributed by atoms with Crippen LogP contribution in [0, 0.1) is 5.92 Å². The summed E-state index contributed by atoms with van der Waals surface area (Å²) in [6.45, 7) is 3.77. The van der Waals surface area contributed by atoms with Crippen LogP contribution in [0.4, 0.5) is 5.69 Å². The molecule has 2 aliphatic rings. The molecule has 3 rings (SSSR count). The maximum atomic E-state index is 12.1. The van der Waals surface area contributed by atoms with Gasteiger partial charge in [-0.2, -0.15) is 0 Å². The zero-order valence-electron chi connectivity index (χ0n) is 12.2. The lowest BCUT2D eigenvalue weighted by molar-refractivity contribution is 0.183. The van der Waals surface area contributed by atoms with Crippen molar-refractivity contribution in [2.24, 2.45) is 5.92 Å². The first-order chi connectivity index (χ1) is 10.0. The second kappa shape index (κ2) is 5.94. The van der Waals surface area contributed by atoms with Gasteiger partial charge in [0, 0.05) is 30.3 Å². The van der Waals surface area contributed by atoms with Crippen LogP contribution in [0.1, 0.15) is 26.2 Å². The molecule has 2 atom stereocenters. The quantitative estimate of drug-likeness (QED) is 0.843. The number of benzene rings is 1. The molecule has 1 heterocycles. The van der Waals surface area contributed by atoms with E-state index in [1.807, 2.05) is 12.1 Å². The van der Waals surface area contributed by atoms with E-state index in [4.69, 9.17) is 4.74 Å². The average molecular weight is 310 g/mol. The van der Waals surface area contributed by atoms with Crippen molar-refractivity contribution in [3.05, 3.63) is 24.3 Å². The van der Waals surface area contributed by atoms with Gasteiger partial charge in [-0.15, -0.1) is 0 Å². The summed E-state index contributed by atoms with van der Waals surface area (Å²) in [5.74, 6) is 0.518. The van der Waals surface area contributed by atoms with Crippen molar-refractivity contribution in [3.63, 3.8) is 0 Å². The van der Waals surface area contributed by atoms with Crippen molar-refractivity contribution in [3.8, 4) is 0 Å². The minimum absolute atomic E-state index is 0.134. The molecule has 2 unspecified atom stereocenters. The van der Waals surface area contributed by atoms with E-state index < -0.39 is 10.0 Å². The van der Waals surface area contributed by atoms with Gasteiger partial charge in [-0.3, -0.25) is 0 Å². The van der Waals surface area contributed by atoms with Gasteiger partial charge in [-0.1, -0.05) is 0 Å². The van der Waals surface area contributed by atoms with Crippen LogP contribution in [0.3, 0.4) is 0 Å². The van der Waals surface area contributed by atoms with E-state index in [1.54, 1.807) is 12.1 Å². The van der Waals surface area contributed by atoms with E-state index in [0.717, 1.165) is 38.2 Å². The van der Waals surface area contributed by atoms with E-state index in [0.29, 0.717) is 16.9 Å². The fourth-order valence-corrected chi connectivity index (χ4v) is 3.85. The molecule has 1 aliphatic carbocycles. The number of hydrogen-bond acceptors (Lipinski definition) is 4. The minimum Gasteiger partial charge on any atom is -0.382 e. The van der Waals surface area contributed by atoms with Gasteiger partial charge >= 0.3 is 0 Å². The highest BCUT2D eigenvalue weighted by molar-refractivity contribution is 7.89. The zero-order chi connectivity index (χ0) is 14.9. The van der Waals surface area contributed by atoms with Crippen molar-refractivity contribution >= 4 is 15.7 Å². The van der Waals surface area contributed by atoms with Crippen LogP contribution < -0.4 is 10.0 Å². The fourth-order valence-electron chi connectivity index (χ4n) is 2.55. The molecule has 0 radical (unpaired) electrons. The molecule has 6 heteroatoms. The number of sulfonamides is 1. The zero-order valence-corrected chi connectivity index (χ0v) is 13.0. The Morgan fingerprint density at radius 3 is 2.48 bits per heavy atom. The van der Waals surface area contributed by atoms with Crippen LogP contribution in [0.25, 0.3) is 0 Å². The topological polar surface area (TPSA) is 67.4 Å². The Kier molecular flexibility index (Phi) is 4.19. The molecule has 1 aromatic carbocycles. The summed E-state index contributed by atoms with van der Waals surface area (Å²) in [6, 6.07) is 7.42. The van der Waals surface area contributed by atoms with E-state index in [9.17, 15) is 8.42 Å². The lowest BCUT2D eigenvalue weighted by Gasteiger charge is -2.20. The van der Waals surface area contributed by atoms with Gasteiger partial charge in [0.2, 0.25) is 10.0 Å². The molecule has 1 aromatic rings. The largest absolute Gasteiger partial charge is 0.382 e. The van der Waals surface area contributed by atoms with Gasteiger partial charge in [0.25, 0.3) is 0 Å². The van der Waals surface area contributed by atoms with Crippen molar-refractivity contribution in [1.82, 2.24) is 4.72 Å². The third-order valence-electron chi connectivity index (χ3n) is 4.13. The summed E-state index contributed by atoms with van der Waals surface area (Å²) in [5, 5.41) is 3.42. The molecular weight excluding hydrogens is 288 g/mol. The highest BCUT2D eigenvalue weighted by atomic mass is 32.2. The summed E-state index contributed by atoms with van der Waals surface area (Å²) < 4.78 is 32.2. The van der Waals surface area contributed by atoms with Gasteiger partial charge in [0.1, 0.15) is 0 Å². The van der Waals surface area contributed by atoms with E-state index >= 15 is 0 Å². The molecular formula is C15H22N2O3S. The Morgan fingerprint density at radius 1 is 1.19 bits per heavy atom. The van der Waals surface area contributed by atoms with Crippen LogP contribution >= 0.6 is 0 Å². The smallest absolute Gasteiger partial charge is 0.240 e. The maximum Gasteiger partial charge on any atom is 0.240 e. The van der Waals surface area contributed by atoms with Crippen molar-refractivity contribution in [2.75, 3.05) is 18.5 Å². The molecule has 0 aromatic heterocycles. The summed E-state index contributed by atoms with van der Waals surface area (Å²) in [4.78, 5) is 0.330. The Hall–Kier alpha value is -1.11. The average Bonchev–Trinajstić information content (AvgIpc) is 3.08. The first-order valence-corrected chi connectivity index (χ1v) is 8.99. The summed E-state index contributed by atoms with van der Waals surface area (Å²) in [5.41, 5.74) is 0.944. The second-order valence-electron chi connectivity index (χ2n) is 5.98. The molecule has 0 spiro atoms. The Morgan fingerprint density at radius 2 is 1.90 bits per heavy atom. The summed E-state index contributed by atoms with van der Waals surface area (Å²) >= 11 is 0. The first kappa shape index (κ1) is 14.8. The Labute approximate surface area is 126 Å². The summed E-state index contributed by atoms with van der Waals surface area (Å²) in [6.07, 6.45) is 2.96. The lowest BCUT2D eigenvalue weighted by Crippen LogP contribution is -2.27. The fraction of sp³-hybridized carbons (Fsp3) is 0.600. The van der Waals surface area contributed by atoms with Gasteiger partial charge in [-0.25, -0.2) is 13.1 Å². The second-order valence-corrected chi connectivity index (χ2v) is 7.69. The predicted octanol–water partition coefficient (Wildman–Crippen LogP) is 1.96. The molecule has 2 fully saturated rings. The number of ether oxygens (including phenoxy) is 1. The third kappa shape index (κ3) is 3.75. The van der Waals surface area contributed by atoms with Gasteiger partial charge in [-0.05, 0) is 50.5 Å². The maximum absolute atomic E-state index is 12.1. The van der Waals surface area contributed by atoms with Crippen LogP contribution in [0.2, 0.25) is 0 Å². The monoisotopic (exact) mass is 310 g/mol. The van der Waals surface area contributed by atoms with E-state index in [-0.39, 0.29) is 6.04 Å². The Balaban J connectivity index is 1.63. The minimum atomic E-state index is -3.36. The van der Waals surface area contributed by atoms with Gasteiger partial charge in [0.05, 0.1) is 11.5 Å². The van der Waals surface area contributed by atoms with E-state index in [1.165, 1.54) is 0 Å². The molecule has 0 bridgehead atoms. The van der Waals surface area contributed by atoms with E-state index in [2.05, 4.69) is 17.0 Å². The molecule has 116 valence electrons. The predicted molar refractivity (Wildman–Crippen MR) is 81.8 cm³/mol. The van der Waals surface area contributed by atoms with Gasteiger partial charge in [0.15, 0.2) is 0 Å². The molecule has 0 amide bonds. The lowest BCUT2D eigenvalue weighted by atomic mass is 10.0. The SMILES string of the molecule is CC(Nc1ccc(S(=O)(=O)NC2CC2)cc1)C1CCOC1. The van der Waals surface area contributed by atoms with Crippen molar-refractivity contribution in [2.45, 2.75) is 43.2 Å². The molecule has 1 saturated heterocycles. The van der Waals surface area contributed by atoms with Crippen LogP contribution in [0.5, 0.6) is 0 Å². The highest BCUT2D eigenvalue weighted by Gasteiger charge is 2.28. The van der Waals surface area contributed by atoms with Gasteiger partial charge < -0.3 is 10.1 Å². The number of rotatable bonds is 6. The highest BCUT2D eigenvalue weighted by Crippen LogP contribution is 2.24. The van der Waals surface area contributed by atoms with Crippen molar-refractivity contribution < 1.29 is 13.2 Å². The summed E-state index contributed by atoms with van der Waals surface area (Å²) in [7, 11) is -3.36. The molecule has 2 N–H and O–H groups in total.